The van der Waals surface area contributed by atoms with E-state index < -0.39 is 0 Å². The van der Waals surface area contributed by atoms with E-state index in [1.54, 1.807) is 10.9 Å². The van der Waals surface area contributed by atoms with Crippen LogP contribution >= 0.6 is 11.5 Å². The van der Waals surface area contributed by atoms with Crippen LogP contribution in [0.4, 0.5) is 0 Å². The molecule has 0 spiro atoms. The molecule has 0 aliphatic heterocycles. The number of hydrogen-bond donors (Lipinski definition) is 0. The van der Waals surface area contributed by atoms with Crippen LogP contribution in [-0.4, -0.2) is 24.6 Å². The van der Waals surface area contributed by atoms with E-state index in [0.29, 0.717) is 0 Å². The zero-order chi connectivity index (χ0) is 10.8. The molecule has 3 aromatic rings. The van der Waals surface area contributed by atoms with Crippen LogP contribution in [0.1, 0.15) is 0 Å². The lowest BCUT2D eigenvalue weighted by molar-refractivity contribution is 0.813. The fourth-order valence-corrected chi connectivity index (χ4v) is 1.82. The predicted octanol–water partition coefficient (Wildman–Crippen LogP) is 1.79. The summed E-state index contributed by atoms with van der Waals surface area (Å²) in [5, 5.41) is 12.8. The SMILES string of the molecule is c1ccc(-c2cn(-c3cnns3)nn2)cc1. The Hall–Kier alpha value is -2.08. The van der Waals surface area contributed by atoms with Gasteiger partial charge in [-0.05, 0) is 0 Å². The van der Waals surface area contributed by atoms with Gasteiger partial charge in [0.15, 0.2) is 5.00 Å². The average Bonchev–Trinajstić information content (AvgIpc) is 3.01. The minimum absolute atomic E-state index is 0.842. The first-order valence-electron chi connectivity index (χ1n) is 4.69. The molecule has 1 aromatic carbocycles. The molecule has 16 heavy (non-hydrogen) atoms. The van der Waals surface area contributed by atoms with Gasteiger partial charge in [0.1, 0.15) is 5.69 Å². The lowest BCUT2D eigenvalue weighted by Gasteiger charge is -1.92. The summed E-state index contributed by atoms with van der Waals surface area (Å²) in [6.45, 7) is 0. The number of benzene rings is 1. The largest absolute Gasteiger partial charge is 0.207 e. The van der Waals surface area contributed by atoms with Crippen molar-refractivity contribution in [2.45, 2.75) is 0 Å². The Morgan fingerprint density at radius 3 is 2.75 bits per heavy atom. The second-order valence-electron chi connectivity index (χ2n) is 3.17. The van der Waals surface area contributed by atoms with E-state index in [1.807, 2.05) is 36.5 Å². The normalized spacial score (nSPS) is 10.5. The molecule has 0 N–H and O–H groups in total. The lowest BCUT2D eigenvalue weighted by Crippen LogP contribution is -1.90. The zero-order valence-corrected chi connectivity index (χ0v) is 9.00. The third-order valence-corrected chi connectivity index (χ3v) is 2.79. The van der Waals surface area contributed by atoms with E-state index in [-0.39, 0.29) is 0 Å². The van der Waals surface area contributed by atoms with E-state index in [1.165, 1.54) is 11.5 Å². The summed E-state index contributed by atoms with van der Waals surface area (Å²) in [6, 6.07) is 9.92. The first-order chi connectivity index (χ1) is 7.93. The molecule has 0 unspecified atom stereocenters. The second-order valence-corrected chi connectivity index (χ2v) is 3.93. The summed E-state index contributed by atoms with van der Waals surface area (Å²) in [7, 11) is 0. The molecule has 2 heterocycles. The molecule has 6 heteroatoms. The molecule has 0 fully saturated rings. The third kappa shape index (κ3) is 1.59. The van der Waals surface area contributed by atoms with Crippen LogP contribution in [0.3, 0.4) is 0 Å². The molecule has 5 nitrogen and oxygen atoms in total. The van der Waals surface area contributed by atoms with Crippen LogP contribution < -0.4 is 0 Å². The molecule has 0 aliphatic rings. The van der Waals surface area contributed by atoms with Crippen molar-refractivity contribution >= 4 is 11.5 Å². The van der Waals surface area contributed by atoms with Gasteiger partial charge >= 0.3 is 0 Å². The van der Waals surface area contributed by atoms with Crippen molar-refractivity contribution < 1.29 is 0 Å². The van der Waals surface area contributed by atoms with Crippen molar-refractivity contribution in [1.29, 1.82) is 0 Å². The monoisotopic (exact) mass is 229 g/mol. The quantitative estimate of drug-likeness (QED) is 0.672. The fraction of sp³-hybridized carbons (Fsp3) is 0. The Morgan fingerprint density at radius 2 is 2.00 bits per heavy atom. The molecular formula is C10H7N5S. The van der Waals surface area contributed by atoms with Gasteiger partial charge in [-0.25, -0.2) is 4.68 Å². The van der Waals surface area contributed by atoms with E-state index >= 15 is 0 Å². The average molecular weight is 229 g/mol. The summed E-state index contributed by atoms with van der Waals surface area (Å²) in [6.07, 6.45) is 3.53. The van der Waals surface area contributed by atoms with Gasteiger partial charge in [-0.2, -0.15) is 0 Å². The Morgan fingerprint density at radius 1 is 1.12 bits per heavy atom. The van der Waals surface area contributed by atoms with Crippen LogP contribution in [0, 0.1) is 0 Å². The van der Waals surface area contributed by atoms with E-state index in [2.05, 4.69) is 19.9 Å². The Labute approximate surface area is 95.5 Å². The van der Waals surface area contributed by atoms with Gasteiger partial charge in [0.25, 0.3) is 0 Å². The van der Waals surface area contributed by atoms with E-state index in [0.717, 1.165) is 16.3 Å². The fourth-order valence-electron chi connectivity index (χ4n) is 1.38. The molecule has 0 radical (unpaired) electrons. The summed E-state index contributed by atoms with van der Waals surface area (Å²) < 4.78 is 5.46. The van der Waals surface area contributed by atoms with Crippen molar-refractivity contribution in [3.05, 3.63) is 42.7 Å². The minimum Gasteiger partial charge on any atom is -0.207 e. The molecule has 78 valence electrons. The number of rotatable bonds is 2. The predicted molar refractivity (Wildman–Crippen MR) is 60.3 cm³/mol. The topological polar surface area (TPSA) is 56.5 Å². The van der Waals surface area contributed by atoms with Crippen LogP contribution in [0.15, 0.2) is 42.7 Å². The van der Waals surface area contributed by atoms with Gasteiger partial charge in [0.05, 0.1) is 12.4 Å². The van der Waals surface area contributed by atoms with Crippen LogP contribution in [0.2, 0.25) is 0 Å². The van der Waals surface area contributed by atoms with Gasteiger partial charge in [-0.3, -0.25) is 0 Å². The highest BCUT2D eigenvalue weighted by Gasteiger charge is 2.05. The first kappa shape index (κ1) is 9.17. The number of aromatic nitrogens is 5. The van der Waals surface area contributed by atoms with Gasteiger partial charge < -0.3 is 0 Å². The second kappa shape index (κ2) is 3.82. The van der Waals surface area contributed by atoms with E-state index in [4.69, 9.17) is 0 Å². The van der Waals surface area contributed by atoms with Crippen LogP contribution in [0.5, 0.6) is 0 Å². The highest BCUT2D eigenvalue weighted by Crippen LogP contribution is 2.17. The number of hydrogen-bond acceptors (Lipinski definition) is 5. The minimum atomic E-state index is 0.842. The first-order valence-corrected chi connectivity index (χ1v) is 5.46. The third-order valence-electron chi connectivity index (χ3n) is 2.14. The molecule has 0 saturated carbocycles. The maximum Gasteiger partial charge on any atom is 0.159 e. The maximum absolute atomic E-state index is 4.11. The summed E-state index contributed by atoms with van der Waals surface area (Å²) in [5.41, 5.74) is 1.89. The molecular weight excluding hydrogens is 222 g/mol. The highest BCUT2D eigenvalue weighted by atomic mass is 32.1. The van der Waals surface area contributed by atoms with Crippen molar-refractivity contribution in [1.82, 2.24) is 24.6 Å². The van der Waals surface area contributed by atoms with Gasteiger partial charge in [0, 0.05) is 17.1 Å². The zero-order valence-electron chi connectivity index (χ0n) is 8.19. The summed E-state index contributed by atoms with van der Waals surface area (Å²) >= 11 is 1.28. The van der Waals surface area contributed by atoms with Crippen molar-refractivity contribution in [3.63, 3.8) is 0 Å². The molecule has 3 rings (SSSR count). The molecule has 0 atom stereocenters. The van der Waals surface area contributed by atoms with Crippen molar-refractivity contribution in [3.8, 4) is 16.3 Å². The van der Waals surface area contributed by atoms with E-state index in [9.17, 15) is 0 Å². The summed E-state index contributed by atoms with van der Waals surface area (Å²) in [4.78, 5) is 0. The smallest absolute Gasteiger partial charge is 0.159 e. The molecule has 0 saturated heterocycles. The summed E-state index contributed by atoms with van der Waals surface area (Å²) in [5.74, 6) is 0. The Kier molecular flexibility index (Phi) is 2.19. The molecule has 0 bridgehead atoms. The Bertz CT molecular complexity index is 572. The van der Waals surface area contributed by atoms with Gasteiger partial charge in [-0.15, -0.1) is 10.2 Å². The van der Waals surface area contributed by atoms with Crippen molar-refractivity contribution in [2.75, 3.05) is 0 Å². The molecule has 2 aromatic heterocycles. The van der Waals surface area contributed by atoms with Gasteiger partial charge in [0.2, 0.25) is 0 Å². The highest BCUT2D eigenvalue weighted by molar-refractivity contribution is 7.08. The molecule has 0 aliphatic carbocycles. The van der Waals surface area contributed by atoms with Crippen molar-refractivity contribution in [2.24, 2.45) is 0 Å². The molecule has 0 amide bonds. The standard InChI is InChI=1S/C10H7N5S/c1-2-4-8(5-3-1)9-7-15(13-12-9)10-6-11-14-16-10/h1-7H. The maximum atomic E-state index is 4.11. The van der Waals surface area contributed by atoms with Crippen LogP contribution in [-0.2, 0) is 0 Å². The lowest BCUT2D eigenvalue weighted by atomic mass is 10.2. The van der Waals surface area contributed by atoms with Gasteiger partial charge in [-0.1, -0.05) is 40.0 Å². The Balaban J connectivity index is 2.00. The van der Waals surface area contributed by atoms with Crippen LogP contribution in [0.25, 0.3) is 16.3 Å². The number of nitrogens with zero attached hydrogens (tertiary/aromatic N) is 5.